The van der Waals surface area contributed by atoms with Gasteiger partial charge in [-0.15, -0.1) is 5.01 Å². The van der Waals surface area contributed by atoms with E-state index in [4.69, 9.17) is 0 Å². The maximum absolute atomic E-state index is 12.6. The lowest BCUT2D eigenvalue weighted by molar-refractivity contribution is -0.130. The number of phenolic OH excluding ortho intramolecular Hbond substituents is 2. The molecule has 1 atom stereocenters. The number of carbonyl (C=O) groups excluding carboxylic acids is 2. The van der Waals surface area contributed by atoms with E-state index in [2.05, 4.69) is 10.4 Å². The van der Waals surface area contributed by atoms with E-state index in [1.165, 1.54) is 24.4 Å². The molecular formula is C19H19N3O4. The van der Waals surface area contributed by atoms with Crippen molar-refractivity contribution < 1.29 is 19.8 Å². The molecule has 1 aliphatic rings. The zero-order valence-electron chi connectivity index (χ0n) is 14.2. The number of imide groups is 1. The Morgan fingerprint density at radius 3 is 2.54 bits per heavy atom. The van der Waals surface area contributed by atoms with Crippen molar-refractivity contribution >= 4 is 18.2 Å². The first-order chi connectivity index (χ1) is 12.4. The van der Waals surface area contributed by atoms with Crippen molar-refractivity contribution in [3.05, 3.63) is 59.7 Å². The highest BCUT2D eigenvalue weighted by Crippen LogP contribution is 2.25. The molecule has 0 aromatic heterocycles. The van der Waals surface area contributed by atoms with Crippen molar-refractivity contribution in [3.63, 3.8) is 0 Å². The summed E-state index contributed by atoms with van der Waals surface area (Å²) in [7, 11) is 0. The summed E-state index contributed by atoms with van der Waals surface area (Å²) in [6, 6.07) is 13.2. The number of rotatable bonds is 5. The summed E-state index contributed by atoms with van der Waals surface area (Å²) in [4.78, 5) is 24.8. The third-order valence-electron chi connectivity index (χ3n) is 4.32. The second-order valence-electron chi connectivity index (χ2n) is 6.36. The summed E-state index contributed by atoms with van der Waals surface area (Å²) in [6.45, 7) is 1.68. The van der Waals surface area contributed by atoms with Crippen molar-refractivity contribution in [2.24, 2.45) is 5.10 Å². The molecule has 7 nitrogen and oxygen atoms in total. The highest BCUT2D eigenvalue weighted by atomic mass is 16.3. The largest absolute Gasteiger partial charge is 0.504 e. The van der Waals surface area contributed by atoms with Crippen LogP contribution in [0.3, 0.4) is 0 Å². The lowest BCUT2D eigenvalue weighted by atomic mass is 9.93. The molecule has 1 aliphatic heterocycles. The molecule has 3 N–H and O–H groups in total. The summed E-state index contributed by atoms with van der Waals surface area (Å²) in [5.41, 5.74) is 0.498. The van der Waals surface area contributed by atoms with Gasteiger partial charge in [-0.2, -0.15) is 5.10 Å². The van der Waals surface area contributed by atoms with Crippen molar-refractivity contribution in [1.29, 1.82) is 0 Å². The van der Waals surface area contributed by atoms with Crippen LogP contribution in [0, 0.1) is 0 Å². The summed E-state index contributed by atoms with van der Waals surface area (Å²) < 4.78 is 0. The van der Waals surface area contributed by atoms with E-state index in [-0.39, 0.29) is 11.5 Å². The first-order valence-corrected chi connectivity index (χ1v) is 8.16. The van der Waals surface area contributed by atoms with Gasteiger partial charge in [-0.1, -0.05) is 30.3 Å². The number of aryl methyl sites for hydroxylation is 1. The number of nitrogens with one attached hydrogen (secondary N) is 1. The summed E-state index contributed by atoms with van der Waals surface area (Å²) >= 11 is 0. The topological polar surface area (TPSA) is 102 Å². The standard InChI is InChI=1S/C19H19N3O4/c1-19(10-9-13-5-3-2-4-6-13)17(25)22(18(26)21-19)20-12-14-7-8-15(23)16(24)11-14/h2-8,11-12,23-24H,9-10H2,1H3,(H,21,26)/b20-12+/t19-/m1/s1. The van der Waals surface area contributed by atoms with Crippen LogP contribution in [0.5, 0.6) is 11.5 Å². The van der Waals surface area contributed by atoms with E-state index in [0.717, 1.165) is 10.6 Å². The maximum atomic E-state index is 12.6. The normalized spacial score (nSPS) is 20.0. The Labute approximate surface area is 150 Å². The molecule has 3 amide bonds. The van der Waals surface area contributed by atoms with Crippen LogP contribution in [0.4, 0.5) is 4.79 Å². The van der Waals surface area contributed by atoms with Gasteiger partial charge in [-0.25, -0.2) is 4.79 Å². The fourth-order valence-electron chi connectivity index (χ4n) is 2.73. The third kappa shape index (κ3) is 3.51. The molecule has 0 radical (unpaired) electrons. The molecule has 1 heterocycles. The average molecular weight is 353 g/mol. The SMILES string of the molecule is C[C@]1(CCc2ccccc2)NC(=O)N(/N=C/c2ccc(O)c(O)c2)C1=O. The molecule has 0 aliphatic carbocycles. The Morgan fingerprint density at radius 1 is 1.12 bits per heavy atom. The zero-order valence-corrected chi connectivity index (χ0v) is 14.2. The van der Waals surface area contributed by atoms with Gasteiger partial charge >= 0.3 is 6.03 Å². The van der Waals surface area contributed by atoms with E-state index in [0.29, 0.717) is 18.4 Å². The van der Waals surface area contributed by atoms with E-state index in [9.17, 15) is 19.8 Å². The van der Waals surface area contributed by atoms with E-state index in [1.807, 2.05) is 30.3 Å². The molecule has 3 rings (SSSR count). The molecule has 26 heavy (non-hydrogen) atoms. The van der Waals surface area contributed by atoms with Crippen molar-refractivity contribution in [3.8, 4) is 11.5 Å². The minimum atomic E-state index is -1.03. The van der Waals surface area contributed by atoms with Gasteiger partial charge in [-0.05, 0) is 49.1 Å². The number of urea groups is 1. The van der Waals surface area contributed by atoms with Gasteiger partial charge in [0.2, 0.25) is 0 Å². The van der Waals surface area contributed by atoms with E-state index in [1.54, 1.807) is 6.92 Å². The van der Waals surface area contributed by atoms with Gasteiger partial charge in [0.15, 0.2) is 11.5 Å². The highest BCUT2D eigenvalue weighted by Gasteiger charge is 2.47. The molecule has 0 spiro atoms. The quantitative estimate of drug-likeness (QED) is 0.436. The minimum absolute atomic E-state index is 0.259. The van der Waals surface area contributed by atoms with Crippen LogP contribution < -0.4 is 5.32 Å². The molecule has 1 fully saturated rings. The molecule has 7 heteroatoms. The lowest BCUT2D eigenvalue weighted by Gasteiger charge is -2.20. The van der Waals surface area contributed by atoms with Crippen molar-refractivity contribution in [2.75, 3.05) is 0 Å². The van der Waals surface area contributed by atoms with Gasteiger partial charge in [-0.3, -0.25) is 4.79 Å². The monoisotopic (exact) mass is 353 g/mol. The van der Waals surface area contributed by atoms with Gasteiger partial charge in [0.05, 0.1) is 6.21 Å². The molecule has 0 bridgehead atoms. The van der Waals surface area contributed by atoms with E-state index < -0.39 is 17.5 Å². The summed E-state index contributed by atoms with van der Waals surface area (Å²) in [6.07, 6.45) is 2.37. The van der Waals surface area contributed by atoms with Gasteiger partial charge < -0.3 is 15.5 Å². The molecule has 1 saturated heterocycles. The second kappa shape index (κ2) is 6.87. The van der Waals surface area contributed by atoms with Crippen molar-refractivity contribution in [1.82, 2.24) is 10.3 Å². The van der Waals surface area contributed by atoms with Gasteiger partial charge in [0.1, 0.15) is 5.54 Å². The minimum Gasteiger partial charge on any atom is -0.504 e. The van der Waals surface area contributed by atoms with E-state index >= 15 is 0 Å². The first-order valence-electron chi connectivity index (χ1n) is 8.16. The smallest absolute Gasteiger partial charge is 0.346 e. The number of aromatic hydroxyl groups is 2. The summed E-state index contributed by atoms with van der Waals surface area (Å²) in [5, 5.41) is 26.2. The van der Waals surface area contributed by atoms with Crippen LogP contribution in [-0.4, -0.2) is 38.9 Å². The van der Waals surface area contributed by atoms with Crippen LogP contribution in [0.1, 0.15) is 24.5 Å². The number of hydrazone groups is 1. The number of nitrogens with zero attached hydrogens (tertiary/aromatic N) is 2. The fraction of sp³-hybridized carbons (Fsp3) is 0.211. The number of hydrogen-bond donors (Lipinski definition) is 3. The summed E-state index contributed by atoms with van der Waals surface area (Å²) in [5.74, 6) is -0.998. The van der Waals surface area contributed by atoms with Crippen LogP contribution in [0.15, 0.2) is 53.6 Å². The van der Waals surface area contributed by atoms with Crippen LogP contribution in [0.2, 0.25) is 0 Å². The Morgan fingerprint density at radius 2 is 1.85 bits per heavy atom. The fourth-order valence-corrected chi connectivity index (χ4v) is 2.73. The van der Waals surface area contributed by atoms with Crippen LogP contribution in [-0.2, 0) is 11.2 Å². The maximum Gasteiger partial charge on any atom is 0.346 e. The molecule has 2 aromatic carbocycles. The zero-order chi connectivity index (χ0) is 18.7. The number of benzene rings is 2. The number of carbonyl (C=O) groups is 2. The number of amides is 3. The van der Waals surface area contributed by atoms with Crippen molar-refractivity contribution in [2.45, 2.75) is 25.3 Å². The molecular weight excluding hydrogens is 334 g/mol. The molecule has 0 unspecified atom stereocenters. The molecule has 134 valence electrons. The predicted octanol–water partition coefficient (Wildman–Crippen LogP) is 2.38. The average Bonchev–Trinajstić information content (AvgIpc) is 2.84. The van der Waals surface area contributed by atoms with Gasteiger partial charge in [0.25, 0.3) is 5.91 Å². The van der Waals surface area contributed by atoms with Crippen LogP contribution >= 0.6 is 0 Å². The predicted molar refractivity (Wildman–Crippen MR) is 95.9 cm³/mol. The second-order valence-corrected chi connectivity index (χ2v) is 6.36. The molecule has 0 saturated carbocycles. The first kappa shape index (κ1) is 17.5. The Hall–Kier alpha value is -3.35. The Kier molecular flexibility index (Phi) is 4.62. The molecule has 2 aromatic rings. The Balaban J connectivity index is 1.71. The van der Waals surface area contributed by atoms with Crippen LogP contribution in [0.25, 0.3) is 0 Å². The van der Waals surface area contributed by atoms with Gasteiger partial charge in [0, 0.05) is 0 Å². The third-order valence-corrected chi connectivity index (χ3v) is 4.32. The number of phenols is 2. The number of hydrogen-bond acceptors (Lipinski definition) is 5. The lowest BCUT2D eigenvalue weighted by Crippen LogP contribution is -2.44. The Bertz CT molecular complexity index is 866. The highest BCUT2D eigenvalue weighted by molar-refractivity contribution is 6.07.